The number of fused-ring (bicyclic) bond motifs is 1. The Bertz CT molecular complexity index is 527. The molecule has 1 aromatic carbocycles. The molecule has 2 heterocycles. The van der Waals surface area contributed by atoms with E-state index in [1.165, 1.54) is 11.1 Å². The second-order valence-electron chi connectivity index (χ2n) is 5.93. The van der Waals surface area contributed by atoms with Gasteiger partial charge in [0.15, 0.2) is 0 Å². The van der Waals surface area contributed by atoms with Crippen LogP contribution in [-0.4, -0.2) is 43.8 Å². The van der Waals surface area contributed by atoms with Gasteiger partial charge in [-0.3, -0.25) is 0 Å². The van der Waals surface area contributed by atoms with E-state index in [1.807, 2.05) is 17.0 Å². The molecule has 1 fully saturated rings. The minimum Gasteiger partial charge on any atom is -0.496 e. The van der Waals surface area contributed by atoms with Crippen LogP contribution in [0, 0.1) is 0 Å². The standard InChI is InChI=1S/C17H24N2O3/c1-21-16-6-2-4-13-12-19(10-8-15(13)16)17(20)18-9-7-14-5-3-11-22-14/h2,4,6,14H,3,5,7-12H2,1H3,(H,18,20)/t14-/m0/s1. The first kappa shape index (κ1) is 15.2. The van der Waals surface area contributed by atoms with Crippen molar-refractivity contribution in [1.82, 2.24) is 10.2 Å². The molecule has 5 heteroatoms. The fraction of sp³-hybridized carbons (Fsp3) is 0.588. The molecule has 1 aromatic rings. The van der Waals surface area contributed by atoms with Gasteiger partial charge < -0.3 is 19.7 Å². The van der Waals surface area contributed by atoms with Crippen molar-refractivity contribution in [3.05, 3.63) is 29.3 Å². The number of ether oxygens (including phenoxy) is 2. The van der Waals surface area contributed by atoms with E-state index in [-0.39, 0.29) is 6.03 Å². The molecular formula is C17H24N2O3. The van der Waals surface area contributed by atoms with Gasteiger partial charge in [0.05, 0.1) is 13.2 Å². The van der Waals surface area contributed by atoms with Crippen molar-refractivity contribution in [2.24, 2.45) is 0 Å². The summed E-state index contributed by atoms with van der Waals surface area (Å²) in [5, 5.41) is 3.01. The highest BCUT2D eigenvalue weighted by molar-refractivity contribution is 5.74. The van der Waals surface area contributed by atoms with Crippen molar-refractivity contribution in [2.45, 2.75) is 38.3 Å². The summed E-state index contributed by atoms with van der Waals surface area (Å²) < 4.78 is 11.0. The van der Waals surface area contributed by atoms with E-state index in [0.29, 0.717) is 19.2 Å². The molecule has 1 atom stereocenters. The summed E-state index contributed by atoms with van der Waals surface area (Å²) in [6.45, 7) is 2.94. The van der Waals surface area contributed by atoms with E-state index >= 15 is 0 Å². The maximum absolute atomic E-state index is 12.3. The third-order valence-corrected chi connectivity index (χ3v) is 4.50. The number of carbonyl (C=O) groups excluding carboxylic acids is 1. The minimum atomic E-state index is 0.0199. The first-order chi connectivity index (χ1) is 10.8. The molecule has 0 saturated carbocycles. The van der Waals surface area contributed by atoms with E-state index in [4.69, 9.17) is 9.47 Å². The zero-order valence-corrected chi connectivity index (χ0v) is 13.1. The van der Waals surface area contributed by atoms with Crippen LogP contribution in [0.15, 0.2) is 18.2 Å². The third kappa shape index (κ3) is 3.35. The monoisotopic (exact) mass is 304 g/mol. The number of nitrogens with zero attached hydrogens (tertiary/aromatic N) is 1. The van der Waals surface area contributed by atoms with Gasteiger partial charge in [0.2, 0.25) is 0 Å². The molecule has 0 radical (unpaired) electrons. The lowest BCUT2D eigenvalue weighted by atomic mass is 9.99. The van der Waals surface area contributed by atoms with E-state index in [2.05, 4.69) is 11.4 Å². The largest absolute Gasteiger partial charge is 0.496 e. The fourth-order valence-electron chi connectivity index (χ4n) is 3.26. The molecule has 0 aliphatic carbocycles. The number of urea groups is 1. The van der Waals surface area contributed by atoms with Crippen LogP contribution in [0.1, 0.15) is 30.4 Å². The topological polar surface area (TPSA) is 50.8 Å². The van der Waals surface area contributed by atoms with Crippen molar-refractivity contribution in [3.8, 4) is 5.75 Å². The zero-order valence-electron chi connectivity index (χ0n) is 13.1. The van der Waals surface area contributed by atoms with Crippen LogP contribution in [0.4, 0.5) is 4.79 Å². The molecule has 5 nitrogen and oxygen atoms in total. The molecule has 0 spiro atoms. The van der Waals surface area contributed by atoms with Gasteiger partial charge >= 0.3 is 6.03 Å². The van der Waals surface area contributed by atoms with Crippen LogP contribution in [0.3, 0.4) is 0 Å². The average molecular weight is 304 g/mol. The number of methoxy groups -OCH3 is 1. The Kier molecular flexibility index (Phi) is 4.83. The Morgan fingerprint density at radius 2 is 2.41 bits per heavy atom. The van der Waals surface area contributed by atoms with Crippen LogP contribution < -0.4 is 10.1 Å². The SMILES string of the molecule is COc1cccc2c1CCN(C(=O)NCC[C@@H]1CCCO1)C2. The molecule has 0 aromatic heterocycles. The van der Waals surface area contributed by atoms with Crippen molar-refractivity contribution in [1.29, 1.82) is 0 Å². The number of hydrogen-bond acceptors (Lipinski definition) is 3. The normalized spacial score (nSPS) is 20.6. The Balaban J connectivity index is 1.51. The number of benzene rings is 1. The second-order valence-corrected chi connectivity index (χ2v) is 5.93. The molecule has 2 aliphatic heterocycles. The van der Waals surface area contributed by atoms with E-state index in [9.17, 15) is 4.79 Å². The zero-order chi connectivity index (χ0) is 15.4. The van der Waals surface area contributed by atoms with Gasteiger partial charge in [-0.15, -0.1) is 0 Å². The van der Waals surface area contributed by atoms with Crippen LogP contribution in [-0.2, 0) is 17.7 Å². The van der Waals surface area contributed by atoms with Crippen LogP contribution in [0.2, 0.25) is 0 Å². The maximum atomic E-state index is 12.3. The highest BCUT2D eigenvalue weighted by Gasteiger charge is 2.23. The quantitative estimate of drug-likeness (QED) is 0.929. The Labute approximate surface area is 131 Å². The molecule has 3 rings (SSSR count). The molecule has 2 amide bonds. The summed E-state index contributed by atoms with van der Waals surface area (Å²) in [7, 11) is 1.69. The predicted molar refractivity (Wildman–Crippen MR) is 84.1 cm³/mol. The fourth-order valence-corrected chi connectivity index (χ4v) is 3.26. The van der Waals surface area contributed by atoms with Crippen LogP contribution in [0.5, 0.6) is 5.75 Å². The van der Waals surface area contributed by atoms with Gasteiger partial charge in [-0.05, 0) is 37.3 Å². The highest BCUT2D eigenvalue weighted by atomic mass is 16.5. The number of hydrogen-bond donors (Lipinski definition) is 1. The Morgan fingerprint density at radius 1 is 1.50 bits per heavy atom. The van der Waals surface area contributed by atoms with Crippen molar-refractivity contribution in [2.75, 3.05) is 26.8 Å². The van der Waals surface area contributed by atoms with Crippen molar-refractivity contribution in [3.63, 3.8) is 0 Å². The summed E-state index contributed by atoms with van der Waals surface area (Å²) in [6, 6.07) is 6.06. The van der Waals surface area contributed by atoms with Gasteiger partial charge in [0.25, 0.3) is 0 Å². The lowest BCUT2D eigenvalue weighted by Gasteiger charge is -2.30. The summed E-state index contributed by atoms with van der Waals surface area (Å²) in [5.41, 5.74) is 2.41. The lowest BCUT2D eigenvalue weighted by molar-refractivity contribution is 0.104. The average Bonchev–Trinajstić information content (AvgIpc) is 3.07. The smallest absolute Gasteiger partial charge is 0.317 e. The van der Waals surface area contributed by atoms with E-state index in [1.54, 1.807) is 7.11 Å². The molecule has 2 aliphatic rings. The first-order valence-corrected chi connectivity index (χ1v) is 8.07. The second kappa shape index (κ2) is 7.01. The molecule has 22 heavy (non-hydrogen) atoms. The summed E-state index contributed by atoms with van der Waals surface area (Å²) in [6.07, 6.45) is 4.34. The number of amides is 2. The van der Waals surface area contributed by atoms with Crippen molar-refractivity contribution < 1.29 is 14.3 Å². The predicted octanol–water partition coefficient (Wildman–Crippen LogP) is 2.33. The molecule has 0 unspecified atom stereocenters. The Morgan fingerprint density at radius 3 is 3.18 bits per heavy atom. The summed E-state index contributed by atoms with van der Waals surface area (Å²) in [4.78, 5) is 14.2. The molecule has 1 N–H and O–H groups in total. The maximum Gasteiger partial charge on any atom is 0.317 e. The van der Waals surface area contributed by atoms with Gasteiger partial charge in [0, 0.05) is 31.8 Å². The molecular weight excluding hydrogens is 280 g/mol. The molecule has 0 bridgehead atoms. The summed E-state index contributed by atoms with van der Waals surface area (Å²) in [5.74, 6) is 0.927. The lowest BCUT2D eigenvalue weighted by Crippen LogP contribution is -2.43. The van der Waals surface area contributed by atoms with E-state index in [0.717, 1.165) is 44.6 Å². The highest BCUT2D eigenvalue weighted by Crippen LogP contribution is 2.27. The van der Waals surface area contributed by atoms with Gasteiger partial charge in [0.1, 0.15) is 5.75 Å². The number of nitrogens with one attached hydrogen (secondary N) is 1. The Hall–Kier alpha value is -1.75. The van der Waals surface area contributed by atoms with Gasteiger partial charge in [-0.1, -0.05) is 12.1 Å². The molecule has 120 valence electrons. The van der Waals surface area contributed by atoms with Gasteiger partial charge in [-0.2, -0.15) is 0 Å². The number of rotatable bonds is 4. The number of carbonyl (C=O) groups is 1. The van der Waals surface area contributed by atoms with Gasteiger partial charge in [-0.25, -0.2) is 4.79 Å². The third-order valence-electron chi connectivity index (χ3n) is 4.50. The van der Waals surface area contributed by atoms with E-state index < -0.39 is 0 Å². The first-order valence-electron chi connectivity index (χ1n) is 8.07. The molecule has 1 saturated heterocycles. The van der Waals surface area contributed by atoms with Crippen molar-refractivity contribution >= 4 is 6.03 Å². The van der Waals surface area contributed by atoms with Crippen LogP contribution >= 0.6 is 0 Å². The minimum absolute atomic E-state index is 0.0199. The summed E-state index contributed by atoms with van der Waals surface area (Å²) >= 11 is 0. The van der Waals surface area contributed by atoms with Crippen LogP contribution in [0.25, 0.3) is 0 Å².